The van der Waals surface area contributed by atoms with E-state index in [1.54, 1.807) is 39.3 Å². The Morgan fingerprint density at radius 1 is 1.43 bits per heavy atom. The van der Waals surface area contributed by atoms with Crippen molar-refractivity contribution in [3.8, 4) is 0 Å². The minimum atomic E-state index is -1.11. The van der Waals surface area contributed by atoms with Gasteiger partial charge in [0, 0.05) is 18.5 Å². The number of carbonyl (C=O) groups is 1. The van der Waals surface area contributed by atoms with Crippen LogP contribution in [0, 0.1) is 0 Å². The van der Waals surface area contributed by atoms with Crippen molar-refractivity contribution in [1.29, 1.82) is 0 Å². The molecule has 1 aromatic heterocycles. The second-order valence-electron chi connectivity index (χ2n) is 5.67. The maximum Gasteiger partial charge on any atom is 0.407 e. The van der Waals surface area contributed by atoms with Crippen molar-refractivity contribution in [2.45, 2.75) is 45.2 Å². The highest BCUT2D eigenvalue weighted by Crippen LogP contribution is 2.23. The fourth-order valence-corrected chi connectivity index (χ4v) is 2.49. The van der Waals surface area contributed by atoms with Crippen LogP contribution in [0.3, 0.4) is 0 Å². The van der Waals surface area contributed by atoms with Gasteiger partial charge in [-0.3, -0.25) is 0 Å². The molecule has 0 aliphatic carbocycles. The van der Waals surface area contributed by atoms with Crippen molar-refractivity contribution in [3.63, 3.8) is 0 Å². The first-order valence-corrected chi connectivity index (χ1v) is 7.50. The highest BCUT2D eigenvalue weighted by molar-refractivity contribution is 7.10. The molecule has 1 rings (SSSR count). The molecule has 3 N–H and O–H groups in total. The number of aliphatic hydroxyl groups is 2. The molecule has 0 aliphatic heterocycles. The molecule has 120 valence electrons. The van der Waals surface area contributed by atoms with Crippen molar-refractivity contribution < 1.29 is 24.5 Å². The average Bonchev–Trinajstić information content (AvgIpc) is 2.82. The van der Waals surface area contributed by atoms with Gasteiger partial charge in [0.05, 0.1) is 6.61 Å². The molecule has 0 aliphatic rings. The summed E-state index contributed by atoms with van der Waals surface area (Å²) in [6, 6.07) is 1.77. The Bertz CT molecular complexity index is 454. The van der Waals surface area contributed by atoms with Gasteiger partial charge in [0.25, 0.3) is 0 Å². The van der Waals surface area contributed by atoms with Crippen LogP contribution < -0.4 is 5.32 Å². The molecule has 1 heterocycles. The standard InChI is InChI=1S/C14H23NO5S/c1-14(2,3)20-13(18)15-6-11(16)12(17)9-5-10(7-19-4)21-8-9/h5,8,11-12,16-17H,6-7H2,1-4H3,(H,15,18). The molecular formula is C14H23NO5S. The molecule has 0 saturated carbocycles. The number of hydrogen-bond donors (Lipinski definition) is 3. The summed E-state index contributed by atoms with van der Waals surface area (Å²) in [4.78, 5) is 12.4. The maximum absolute atomic E-state index is 11.5. The molecule has 2 atom stereocenters. The summed E-state index contributed by atoms with van der Waals surface area (Å²) < 4.78 is 10.1. The molecule has 7 heteroatoms. The molecule has 6 nitrogen and oxygen atoms in total. The molecule has 1 amide bonds. The molecule has 1 aromatic rings. The number of amides is 1. The Hall–Kier alpha value is -1.15. The van der Waals surface area contributed by atoms with E-state index in [9.17, 15) is 15.0 Å². The van der Waals surface area contributed by atoms with E-state index in [-0.39, 0.29) is 6.54 Å². The lowest BCUT2D eigenvalue weighted by Crippen LogP contribution is -2.38. The lowest BCUT2D eigenvalue weighted by atomic mass is 10.1. The Labute approximate surface area is 128 Å². The number of carbonyl (C=O) groups excluding carboxylic acids is 1. The van der Waals surface area contributed by atoms with Gasteiger partial charge in [-0.25, -0.2) is 4.79 Å². The zero-order chi connectivity index (χ0) is 16.0. The smallest absolute Gasteiger partial charge is 0.407 e. The third-order valence-corrected chi connectivity index (χ3v) is 3.45. The summed E-state index contributed by atoms with van der Waals surface area (Å²) in [6.07, 6.45) is -2.80. The molecule has 2 unspecified atom stereocenters. The Kier molecular flexibility index (Phi) is 6.60. The first-order valence-electron chi connectivity index (χ1n) is 6.62. The van der Waals surface area contributed by atoms with Crippen LogP contribution in [0.25, 0.3) is 0 Å². The Morgan fingerprint density at radius 3 is 2.67 bits per heavy atom. The summed E-state index contributed by atoms with van der Waals surface area (Å²) in [7, 11) is 1.59. The predicted molar refractivity (Wildman–Crippen MR) is 80.2 cm³/mol. The van der Waals surface area contributed by atoms with Gasteiger partial charge in [0.2, 0.25) is 0 Å². The summed E-state index contributed by atoms with van der Waals surface area (Å²) in [5.41, 5.74) is 0.00122. The van der Waals surface area contributed by atoms with Gasteiger partial charge in [-0.15, -0.1) is 11.3 Å². The van der Waals surface area contributed by atoms with E-state index in [1.807, 2.05) is 0 Å². The first-order chi connectivity index (χ1) is 9.73. The number of nitrogens with one attached hydrogen (secondary N) is 1. The van der Waals surface area contributed by atoms with Crippen molar-refractivity contribution in [2.75, 3.05) is 13.7 Å². The van der Waals surface area contributed by atoms with E-state index in [1.165, 1.54) is 11.3 Å². The summed E-state index contributed by atoms with van der Waals surface area (Å²) in [6.45, 7) is 5.62. The number of rotatable bonds is 6. The van der Waals surface area contributed by atoms with Crippen LogP contribution in [-0.4, -0.2) is 41.7 Å². The third-order valence-electron chi connectivity index (χ3n) is 2.52. The van der Waals surface area contributed by atoms with Gasteiger partial charge in [-0.2, -0.15) is 0 Å². The number of aliphatic hydroxyl groups excluding tert-OH is 2. The maximum atomic E-state index is 11.5. The molecule has 0 aromatic carbocycles. The van der Waals surface area contributed by atoms with Crippen molar-refractivity contribution in [1.82, 2.24) is 5.32 Å². The van der Waals surface area contributed by atoms with Crippen molar-refractivity contribution in [3.05, 3.63) is 21.9 Å². The molecule has 0 fully saturated rings. The minimum Gasteiger partial charge on any atom is -0.444 e. The number of methoxy groups -OCH3 is 1. The molecule has 21 heavy (non-hydrogen) atoms. The number of hydrogen-bond acceptors (Lipinski definition) is 6. The lowest BCUT2D eigenvalue weighted by molar-refractivity contribution is 0.0131. The van der Waals surface area contributed by atoms with Gasteiger partial charge in [0.15, 0.2) is 0 Å². The molecule has 0 spiro atoms. The van der Waals surface area contributed by atoms with Crippen LogP contribution in [0.5, 0.6) is 0 Å². The summed E-state index contributed by atoms with van der Waals surface area (Å²) in [5, 5.41) is 24.1. The molecule has 0 bridgehead atoms. The second-order valence-corrected chi connectivity index (χ2v) is 6.67. The predicted octanol–water partition coefficient (Wildman–Crippen LogP) is 1.81. The van der Waals surface area contributed by atoms with Crippen LogP contribution in [0.1, 0.15) is 37.3 Å². The highest BCUT2D eigenvalue weighted by atomic mass is 32.1. The average molecular weight is 317 g/mol. The second kappa shape index (κ2) is 7.74. The monoisotopic (exact) mass is 317 g/mol. The van der Waals surface area contributed by atoms with Gasteiger partial charge in [-0.1, -0.05) is 0 Å². The first kappa shape index (κ1) is 17.9. The van der Waals surface area contributed by atoms with E-state index in [0.717, 1.165) is 4.88 Å². The molecule has 0 saturated heterocycles. The summed E-state index contributed by atoms with van der Waals surface area (Å²) >= 11 is 1.44. The van der Waals surface area contributed by atoms with Gasteiger partial charge in [0.1, 0.15) is 17.8 Å². The van der Waals surface area contributed by atoms with Crippen LogP contribution in [-0.2, 0) is 16.1 Å². The SMILES string of the molecule is COCc1cc(C(O)C(O)CNC(=O)OC(C)(C)C)cs1. The topological polar surface area (TPSA) is 88.0 Å². The van der Waals surface area contributed by atoms with Crippen LogP contribution >= 0.6 is 11.3 Å². The van der Waals surface area contributed by atoms with E-state index >= 15 is 0 Å². The largest absolute Gasteiger partial charge is 0.444 e. The number of thiophene rings is 1. The fourth-order valence-electron chi connectivity index (χ4n) is 1.61. The Morgan fingerprint density at radius 2 is 2.10 bits per heavy atom. The zero-order valence-electron chi connectivity index (χ0n) is 12.8. The summed E-state index contributed by atoms with van der Waals surface area (Å²) in [5.74, 6) is 0. The fraction of sp³-hybridized carbons (Fsp3) is 0.643. The van der Waals surface area contributed by atoms with E-state index in [2.05, 4.69) is 5.32 Å². The zero-order valence-corrected chi connectivity index (χ0v) is 13.6. The van der Waals surface area contributed by atoms with Crippen molar-refractivity contribution >= 4 is 17.4 Å². The molecule has 0 radical (unpaired) electrons. The highest BCUT2D eigenvalue weighted by Gasteiger charge is 2.22. The van der Waals surface area contributed by atoms with Crippen molar-refractivity contribution in [2.24, 2.45) is 0 Å². The van der Waals surface area contributed by atoms with E-state index in [4.69, 9.17) is 9.47 Å². The quantitative estimate of drug-likeness (QED) is 0.745. The number of ether oxygens (including phenoxy) is 2. The van der Waals surface area contributed by atoms with E-state index in [0.29, 0.717) is 12.2 Å². The Balaban J connectivity index is 2.46. The van der Waals surface area contributed by atoms with Gasteiger partial charge < -0.3 is 25.0 Å². The lowest BCUT2D eigenvalue weighted by Gasteiger charge is -2.21. The van der Waals surface area contributed by atoms with Gasteiger partial charge >= 0.3 is 6.09 Å². The van der Waals surface area contributed by atoms with E-state index < -0.39 is 23.9 Å². The van der Waals surface area contributed by atoms with Crippen LogP contribution in [0.2, 0.25) is 0 Å². The van der Waals surface area contributed by atoms with Crippen LogP contribution in [0.4, 0.5) is 4.79 Å². The van der Waals surface area contributed by atoms with Crippen LogP contribution in [0.15, 0.2) is 11.4 Å². The van der Waals surface area contributed by atoms with Gasteiger partial charge in [-0.05, 0) is 37.8 Å². The normalized spacial score (nSPS) is 14.6. The minimum absolute atomic E-state index is 0.0917. The number of alkyl carbamates (subject to hydrolysis) is 1. The molecular weight excluding hydrogens is 294 g/mol. The third kappa shape index (κ3) is 6.43.